The van der Waals surface area contributed by atoms with E-state index in [9.17, 15) is 19.2 Å². The summed E-state index contributed by atoms with van der Waals surface area (Å²) in [7, 11) is 0. The second-order valence-electron chi connectivity index (χ2n) is 6.24. The molecule has 0 N–H and O–H groups in total. The van der Waals surface area contributed by atoms with E-state index in [0.29, 0.717) is 10.8 Å². The Hall–Kier alpha value is -3.32. The lowest BCUT2D eigenvalue weighted by atomic mass is 9.80. The van der Waals surface area contributed by atoms with Gasteiger partial charge in [0.05, 0.1) is 12.2 Å². The number of esters is 1. The van der Waals surface area contributed by atoms with Gasteiger partial charge < -0.3 is 14.2 Å². The zero-order valence-corrected chi connectivity index (χ0v) is 14.3. The normalized spacial score (nSPS) is 18.8. The molecule has 1 aliphatic heterocycles. The fourth-order valence-electron chi connectivity index (χ4n) is 3.48. The van der Waals surface area contributed by atoms with E-state index < -0.39 is 18.0 Å². The molecule has 7 heteroatoms. The Kier molecular flexibility index (Phi) is 4.08. The zero-order chi connectivity index (χ0) is 19.1. The van der Waals surface area contributed by atoms with Crippen molar-refractivity contribution in [2.24, 2.45) is 0 Å². The largest absolute Gasteiger partial charge is 0.438 e. The Balaban J connectivity index is 1.93. The van der Waals surface area contributed by atoms with Crippen molar-refractivity contribution >= 4 is 34.8 Å². The highest BCUT2D eigenvalue weighted by Crippen LogP contribution is 2.41. The van der Waals surface area contributed by atoms with Gasteiger partial charge in [-0.15, -0.1) is 0 Å². The SMILES string of the molecule is CC(=O)Oc1c2c(cc3ccccc13)C(=O)C1=C(COC(OC=O)C1)C2=O. The fourth-order valence-corrected chi connectivity index (χ4v) is 3.48. The van der Waals surface area contributed by atoms with Crippen molar-refractivity contribution in [1.82, 2.24) is 0 Å². The molecule has 0 saturated heterocycles. The van der Waals surface area contributed by atoms with Crippen LogP contribution in [0.25, 0.3) is 10.8 Å². The lowest BCUT2D eigenvalue weighted by Gasteiger charge is -2.29. The predicted molar refractivity (Wildman–Crippen MR) is 92.5 cm³/mol. The molecule has 1 atom stereocenters. The number of hydrogen-bond acceptors (Lipinski definition) is 7. The van der Waals surface area contributed by atoms with Gasteiger partial charge in [-0.05, 0) is 11.5 Å². The third-order valence-corrected chi connectivity index (χ3v) is 4.62. The lowest BCUT2D eigenvalue weighted by molar-refractivity contribution is -0.163. The lowest BCUT2D eigenvalue weighted by Crippen LogP contribution is -2.34. The molecular weight excluding hydrogens is 352 g/mol. The molecule has 4 rings (SSSR count). The third-order valence-electron chi connectivity index (χ3n) is 4.62. The maximum Gasteiger partial charge on any atom is 0.308 e. The molecule has 0 aromatic heterocycles. The molecule has 1 aliphatic carbocycles. The van der Waals surface area contributed by atoms with Crippen LogP contribution in [-0.4, -0.2) is 36.9 Å². The van der Waals surface area contributed by atoms with Gasteiger partial charge in [-0.3, -0.25) is 19.2 Å². The maximum absolute atomic E-state index is 13.1. The first kappa shape index (κ1) is 17.1. The Bertz CT molecular complexity index is 1050. The molecular formula is C20H14O7. The van der Waals surface area contributed by atoms with Crippen molar-refractivity contribution in [3.63, 3.8) is 0 Å². The van der Waals surface area contributed by atoms with Crippen molar-refractivity contribution < 1.29 is 33.4 Å². The number of carbonyl (C=O) groups is 4. The molecule has 0 saturated carbocycles. The van der Waals surface area contributed by atoms with E-state index in [0.717, 1.165) is 0 Å². The molecule has 7 nitrogen and oxygen atoms in total. The summed E-state index contributed by atoms with van der Waals surface area (Å²) in [5.74, 6) is -1.30. The van der Waals surface area contributed by atoms with Crippen LogP contribution >= 0.6 is 0 Å². The zero-order valence-electron chi connectivity index (χ0n) is 14.3. The molecule has 2 aliphatic rings. The summed E-state index contributed by atoms with van der Waals surface area (Å²) < 4.78 is 15.5. The Morgan fingerprint density at radius 3 is 2.70 bits per heavy atom. The van der Waals surface area contributed by atoms with E-state index in [1.165, 1.54) is 6.92 Å². The predicted octanol–water partition coefficient (Wildman–Crippen LogP) is 2.36. The summed E-state index contributed by atoms with van der Waals surface area (Å²) in [5.41, 5.74) is 0.683. The molecule has 0 bridgehead atoms. The molecule has 0 spiro atoms. The van der Waals surface area contributed by atoms with Gasteiger partial charge in [0.1, 0.15) is 0 Å². The summed E-state index contributed by atoms with van der Waals surface area (Å²) in [5, 5.41) is 1.24. The number of hydrogen-bond donors (Lipinski definition) is 0. The van der Waals surface area contributed by atoms with Gasteiger partial charge in [0.2, 0.25) is 6.29 Å². The summed E-state index contributed by atoms with van der Waals surface area (Å²) in [6.07, 6.45) is -0.915. The Morgan fingerprint density at radius 2 is 1.96 bits per heavy atom. The molecule has 27 heavy (non-hydrogen) atoms. The van der Waals surface area contributed by atoms with Gasteiger partial charge in [0.25, 0.3) is 6.47 Å². The maximum atomic E-state index is 13.1. The van der Waals surface area contributed by atoms with Crippen LogP contribution < -0.4 is 4.74 Å². The molecule has 2 aromatic carbocycles. The summed E-state index contributed by atoms with van der Waals surface area (Å²) >= 11 is 0. The van der Waals surface area contributed by atoms with Crippen molar-refractivity contribution in [3.05, 3.63) is 52.6 Å². The molecule has 1 unspecified atom stereocenters. The average molecular weight is 366 g/mol. The van der Waals surface area contributed by atoms with Crippen molar-refractivity contribution in [2.45, 2.75) is 19.6 Å². The number of Topliss-reactive ketones (excluding diaryl/α,β-unsaturated/α-hetero) is 2. The highest BCUT2D eigenvalue weighted by Gasteiger charge is 2.39. The van der Waals surface area contributed by atoms with Crippen molar-refractivity contribution in [2.75, 3.05) is 6.61 Å². The molecule has 136 valence electrons. The number of ether oxygens (including phenoxy) is 3. The first-order valence-corrected chi connectivity index (χ1v) is 8.27. The second kappa shape index (κ2) is 6.44. The second-order valence-corrected chi connectivity index (χ2v) is 6.24. The summed E-state index contributed by atoms with van der Waals surface area (Å²) in [6, 6.07) is 8.65. The van der Waals surface area contributed by atoms with Crippen molar-refractivity contribution in [3.8, 4) is 5.75 Å². The van der Waals surface area contributed by atoms with Crippen LogP contribution in [-0.2, 0) is 19.1 Å². The van der Waals surface area contributed by atoms with Gasteiger partial charge >= 0.3 is 5.97 Å². The molecule has 0 fully saturated rings. The quantitative estimate of drug-likeness (QED) is 0.467. The van der Waals surface area contributed by atoms with Gasteiger partial charge in [-0.1, -0.05) is 24.3 Å². The van der Waals surface area contributed by atoms with Crippen LogP contribution in [0.5, 0.6) is 5.75 Å². The van der Waals surface area contributed by atoms with Crippen LogP contribution in [0.15, 0.2) is 41.5 Å². The summed E-state index contributed by atoms with van der Waals surface area (Å²) in [4.78, 5) is 48.4. The van der Waals surface area contributed by atoms with Crippen LogP contribution in [0.3, 0.4) is 0 Å². The molecule has 0 radical (unpaired) electrons. The van der Waals surface area contributed by atoms with E-state index in [1.807, 2.05) is 0 Å². The third kappa shape index (κ3) is 2.72. The number of rotatable bonds is 3. The standard InChI is InChI=1S/C20H14O7/c1-10(22)27-20-12-5-3-2-4-11(12)6-14-17(20)19(24)15-8-25-16(26-9-21)7-13(15)18(14)23/h2-6,9,16H,7-8H2,1H3. The monoisotopic (exact) mass is 366 g/mol. The first-order chi connectivity index (χ1) is 13.0. The van der Waals surface area contributed by atoms with Gasteiger partial charge in [0.15, 0.2) is 17.3 Å². The molecule has 1 heterocycles. The molecule has 2 aromatic rings. The summed E-state index contributed by atoms with van der Waals surface area (Å²) in [6.45, 7) is 1.31. The van der Waals surface area contributed by atoms with Crippen LogP contribution in [0.4, 0.5) is 0 Å². The van der Waals surface area contributed by atoms with Gasteiger partial charge in [-0.25, -0.2) is 0 Å². The minimum atomic E-state index is -0.909. The minimum Gasteiger partial charge on any atom is -0.438 e. The number of benzene rings is 2. The Morgan fingerprint density at radius 1 is 1.19 bits per heavy atom. The van der Waals surface area contributed by atoms with Gasteiger partial charge in [-0.2, -0.15) is 0 Å². The smallest absolute Gasteiger partial charge is 0.308 e. The highest BCUT2D eigenvalue weighted by atomic mass is 16.7. The van der Waals surface area contributed by atoms with Gasteiger partial charge in [0, 0.05) is 35.4 Å². The van der Waals surface area contributed by atoms with E-state index in [1.54, 1.807) is 30.3 Å². The number of carbonyl (C=O) groups excluding carboxylic acids is 4. The van der Waals surface area contributed by atoms with Crippen LogP contribution in [0.2, 0.25) is 0 Å². The average Bonchev–Trinajstić information content (AvgIpc) is 2.65. The highest BCUT2D eigenvalue weighted by molar-refractivity contribution is 6.30. The van der Waals surface area contributed by atoms with Crippen LogP contribution in [0, 0.1) is 0 Å². The van der Waals surface area contributed by atoms with E-state index in [4.69, 9.17) is 14.2 Å². The first-order valence-electron chi connectivity index (χ1n) is 8.27. The number of ketones is 2. The van der Waals surface area contributed by atoms with Crippen LogP contribution in [0.1, 0.15) is 34.1 Å². The minimum absolute atomic E-state index is 0.00614. The topological polar surface area (TPSA) is 96.0 Å². The van der Waals surface area contributed by atoms with E-state index in [2.05, 4.69) is 0 Å². The van der Waals surface area contributed by atoms with Crippen molar-refractivity contribution in [1.29, 1.82) is 0 Å². The Labute approximate surface area is 153 Å². The van der Waals surface area contributed by atoms with E-state index >= 15 is 0 Å². The van der Waals surface area contributed by atoms with E-state index in [-0.39, 0.29) is 53.3 Å². The number of fused-ring (bicyclic) bond motifs is 2. The fraction of sp³-hybridized carbons (Fsp3) is 0.200. The molecule has 0 amide bonds.